The molecule has 1 atom stereocenters. The minimum absolute atomic E-state index is 0.0545. The Labute approximate surface area is 103 Å². The number of aryl methyl sites for hydroxylation is 2. The highest BCUT2D eigenvalue weighted by Gasteiger charge is 2.13. The highest BCUT2D eigenvalue weighted by molar-refractivity contribution is 5.92. The van der Waals surface area contributed by atoms with Crippen molar-refractivity contribution in [2.24, 2.45) is 0 Å². The van der Waals surface area contributed by atoms with Crippen LogP contribution in [0.4, 0.5) is 0 Å². The van der Waals surface area contributed by atoms with Gasteiger partial charge in [0.15, 0.2) is 0 Å². The van der Waals surface area contributed by atoms with Crippen LogP contribution in [0, 0.1) is 0 Å². The van der Waals surface area contributed by atoms with Crippen LogP contribution in [0.3, 0.4) is 0 Å². The molecule has 1 aromatic rings. The van der Waals surface area contributed by atoms with Gasteiger partial charge in [-0.25, -0.2) is 0 Å². The van der Waals surface area contributed by atoms with E-state index in [1.807, 2.05) is 33.9 Å². The molecule has 0 aliphatic heterocycles. The second-order valence-electron chi connectivity index (χ2n) is 4.09. The number of rotatable bonds is 6. The maximum absolute atomic E-state index is 12.0. The molecule has 0 spiro atoms. The summed E-state index contributed by atoms with van der Waals surface area (Å²) < 4.78 is 1.75. The molecule has 5 nitrogen and oxygen atoms in total. The van der Waals surface area contributed by atoms with E-state index in [-0.39, 0.29) is 11.9 Å². The number of carbonyl (C=O) groups excluding carboxylic acids is 1. The Morgan fingerprint density at radius 2 is 2.24 bits per heavy atom. The van der Waals surface area contributed by atoms with Crippen molar-refractivity contribution >= 4 is 5.91 Å². The van der Waals surface area contributed by atoms with E-state index in [0.29, 0.717) is 18.8 Å². The lowest BCUT2D eigenvalue weighted by atomic mass is 10.3. The number of carbonyl (C=O) groups is 1. The van der Waals surface area contributed by atoms with E-state index >= 15 is 0 Å². The summed E-state index contributed by atoms with van der Waals surface area (Å²) in [7, 11) is 1.88. The molecule has 1 aromatic heterocycles. The van der Waals surface area contributed by atoms with Crippen molar-refractivity contribution in [2.75, 3.05) is 13.6 Å². The predicted octanol–water partition coefficient (Wildman–Crippen LogP) is 0.803. The van der Waals surface area contributed by atoms with Crippen LogP contribution in [0.1, 0.15) is 37.0 Å². The number of hydrogen-bond donors (Lipinski definition) is 2. The molecule has 1 heterocycles. The predicted molar refractivity (Wildman–Crippen MR) is 68.1 cm³/mol. The van der Waals surface area contributed by atoms with Crippen LogP contribution in [0.2, 0.25) is 0 Å². The standard InChI is InChI=1S/C12H22N4O/c1-5-10-7-11(16(6-2)15-10)12(17)14-8-9(3)13-4/h7,9,13H,5-6,8H2,1-4H3,(H,14,17). The molecule has 0 saturated heterocycles. The molecule has 0 bridgehead atoms. The highest BCUT2D eigenvalue weighted by Crippen LogP contribution is 2.05. The Kier molecular flexibility index (Phi) is 5.15. The lowest BCUT2D eigenvalue weighted by Crippen LogP contribution is -2.37. The molecule has 2 N–H and O–H groups in total. The third-order valence-corrected chi connectivity index (χ3v) is 2.79. The van der Waals surface area contributed by atoms with Gasteiger partial charge < -0.3 is 10.6 Å². The molecule has 5 heteroatoms. The van der Waals surface area contributed by atoms with Crippen molar-refractivity contribution in [3.63, 3.8) is 0 Å². The van der Waals surface area contributed by atoms with Gasteiger partial charge in [0.1, 0.15) is 5.69 Å². The van der Waals surface area contributed by atoms with Gasteiger partial charge in [0.05, 0.1) is 5.69 Å². The third kappa shape index (κ3) is 3.56. The van der Waals surface area contributed by atoms with Crippen LogP contribution in [0.15, 0.2) is 6.07 Å². The largest absolute Gasteiger partial charge is 0.349 e. The number of aromatic nitrogens is 2. The molecular formula is C12H22N4O. The van der Waals surface area contributed by atoms with Crippen molar-refractivity contribution in [1.82, 2.24) is 20.4 Å². The molecule has 0 aromatic carbocycles. The van der Waals surface area contributed by atoms with Crippen molar-refractivity contribution in [1.29, 1.82) is 0 Å². The van der Waals surface area contributed by atoms with Crippen molar-refractivity contribution in [3.05, 3.63) is 17.5 Å². The summed E-state index contributed by atoms with van der Waals surface area (Å²) in [5.41, 5.74) is 1.60. The summed E-state index contributed by atoms with van der Waals surface area (Å²) in [6, 6.07) is 2.13. The fraction of sp³-hybridized carbons (Fsp3) is 0.667. The summed E-state index contributed by atoms with van der Waals surface area (Å²) in [5, 5.41) is 10.3. The summed E-state index contributed by atoms with van der Waals surface area (Å²) >= 11 is 0. The lowest BCUT2D eigenvalue weighted by Gasteiger charge is -2.11. The number of hydrogen-bond acceptors (Lipinski definition) is 3. The SMILES string of the molecule is CCc1cc(C(=O)NCC(C)NC)n(CC)n1. The first-order valence-electron chi connectivity index (χ1n) is 6.14. The average molecular weight is 238 g/mol. The Morgan fingerprint density at radius 3 is 2.76 bits per heavy atom. The average Bonchev–Trinajstić information content (AvgIpc) is 2.78. The molecule has 0 aliphatic rings. The van der Waals surface area contributed by atoms with Gasteiger partial charge >= 0.3 is 0 Å². The van der Waals surface area contributed by atoms with E-state index in [4.69, 9.17) is 0 Å². The minimum Gasteiger partial charge on any atom is -0.349 e. The van der Waals surface area contributed by atoms with Gasteiger partial charge in [0.2, 0.25) is 0 Å². The number of amides is 1. The molecule has 0 radical (unpaired) electrons. The van der Waals surface area contributed by atoms with Crippen LogP contribution in [-0.2, 0) is 13.0 Å². The second-order valence-corrected chi connectivity index (χ2v) is 4.09. The Balaban J connectivity index is 2.70. The Morgan fingerprint density at radius 1 is 1.53 bits per heavy atom. The number of nitrogens with zero attached hydrogens (tertiary/aromatic N) is 2. The lowest BCUT2D eigenvalue weighted by molar-refractivity contribution is 0.0940. The number of nitrogens with one attached hydrogen (secondary N) is 2. The fourth-order valence-electron chi connectivity index (χ4n) is 1.51. The van der Waals surface area contributed by atoms with Gasteiger partial charge in [-0.2, -0.15) is 5.10 Å². The van der Waals surface area contributed by atoms with E-state index < -0.39 is 0 Å². The van der Waals surface area contributed by atoms with Crippen LogP contribution < -0.4 is 10.6 Å². The van der Waals surface area contributed by atoms with E-state index in [1.165, 1.54) is 0 Å². The molecule has 0 saturated carbocycles. The van der Waals surface area contributed by atoms with Crippen LogP contribution in [-0.4, -0.2) is 35.3 Å². The van der Waals surface area contributed by atoms with Gasteiger partial charge in [-0.15, -0.1) is 0 Å². The summed E-state index contributed by atoms with van der Waals surface area (Å²) in [5.74, 6) is -0.0545. The molecule has 17 heavy (non-hydrogen) atoms. The molecule has 1 amide bonds. The first-order valence-corrected chi connectivity index (χ1v) is 6.14. The second kappa shape index (κ2) is 6.39. The van der Waals surface area contributed by atoms with Crippen LogP contribution in [0.25, 0.3) is 0 Å². The molecule has 0 fully saturated rings. The quantitative estimate of drug-likeness (QED) is 0.771. The van der Waals surface area contributed by atoms with Crippen LogP contribution in [0.5, 0.6) is 0 Å². The first-order chi connectivity index (χ1) is 8.12. The molecule has 1 unspecified atom stereocenters. The summed E-state index contributed by atoms with van der Waals surface area (Å²) in [6.07, 6.45) is 0.847. The minimum atomic E-state index is -0.0545. The normalized spacial score (nSPS) is 12.5. The van der Waals surface area contributed by atoms with Gasteiger partial charge in [0, 0.05) is 19.1 Å². The summed E-state index contributed by atoms with van der Waals surface area (Å²) in [4.78, 5) is 12.0. The van der Waals surface area contributed by atoms with Crippen LogP contribution >= 0.6 is 0 Å². The molecule has 96 valence electrons. The highest BCUT2D eigenvalue weighted by atomic mass is 16.2. The molecule has 1 rings (SSSR count). The smallest absolute Gasteiger partial charge is 0.269 e. The van der Waals surface area contributed by atoms with Crippen molar-refractivity contribution in [2.45, 2.75) is 39.8 Å². The maximum atomic E-state index is 12.0. The zero-order chi connectivity index (χ0) is 12.8. The van der Waals surface area contributed by atoms with E-state index in [9.17, 15) is 4.79 Å². The van der Waals surface area contributed by atoms with Gasteiger partial charge in [-0.3, -0.25) is 9.48 Å². The van der Waals surface area contributed by atoms with Gasteiger partial charge in [0.25, 0.3) is 5.91 Å². The third-order valence-electron chi connectivity index (χ3n) is 2.79. The zero-order valence-corrected chi connectivity index (χ0v) is 11.1. The van der Waals surface area contributed by atoms with E-state index in [2.05, 4.69) is 15.7 Å². The fourth-order valence-corrected chi connectivity index (χ4v) is 1.51. The summed E-state index contributed by atoms with van der Waals surface area (Å²) in [6.45, 7) is 7.37. The maximum Gasteiger partial charge on any atom is 0.269 e. The van der Waals surface area contributed by atoms with E-state index in [1.54, 1.807) is 4.68 Å². The zero-order valence-electron chi connectivity index (χ0n) is 11.1. The Hall–Kier alpha value is -1.36. The van der Waals surface area contributed by atoms with E-state index in [0.717, 1.165) is 12.1 Å². The first kappa shape index (κ1) is 13.7. The molecular weight excluding hydrogens is 216 g/mol. The number of likely N-dealkylation sites (N-methyl/N-ethyl adjacent to an activating group) is 1. The van der Waals surface area contributed by atoms with Gasteiger partial charge in [-0.1, -0.05) is 6.92 Å². The van der Waals surface area contributed by atoms with Crippen molar-refractivity contribution in [3.8, 4) is 0 Å². The van der Waals surface area contributed by atoms with Crippen molar-refractivity contribution < 1.29 is 4.79 Å². The Bertz CT molecular complexity index is 373. The molecule has 0 aliphatic carbocycles. The monoisotopic (exact) mass is 238 g/mol. The topological polar surface area (TPSA) is 59.0 Å². The van der Waals surface area contributed by atoms with Gasteiger partial charge in [-0.05, 0) is 33.4 Å².